The third-order valence-corrected chi connectivity index (χ3v) is 3.63. The molecule has 1 fully saturated rings. The predicted molar refractivity (Wildman–Crippen MR) is 91.7 cm³/mol. The van der Waals surface area contributed by atoms with E-state index in [9.17, 15) is 4.79 Å². The highest BCUT2D eigenvalue weighted by atomic mass is 16.5. The Morgan fingerprint density at radius 2 is 1.71 bits per heavy atom. The fourth-order valence-corrected chi connectivity index (χ4v) is 2.37. The van der Waals surface area contributed by atoms with E-state index in [2.05, 4.69) is 24.1 Å². The quantitative estimate of drug-likeness (QED) is 0.776. The standard InChI is InChI=1S/C13H26N2O2.2C2H6/c1-11(2)12-5-8-15(9-6-12)7-4-10-17-13(16)14-3;2*1-2/h11-12H,4-10H2,1-3H3,(H,14,16);2*1-2H3. The number of piperidine rings is 1. The molecule has 4 nitrogen and oxygen atoms in total. The third kappa shape index (κ3) is 11.6. The highest BCUT2D eigenvalue weighted by Gasteiger charge is 2.20. The van der Waals surface area contributed by atoms with Crippen LogP contribution in [0.25, 0.3) is 0 Å². The van der Waals surface area contributed by atoms with E-state index in [-0.39, 0.29) is 6.09 Å². The molecule has 1 aliphatic heterocycles. The van der Waals surface area contributed by atoms with E-state index >= 15 is 0 Å². The van der Waals surface area contributed by atoms with Crippen molar-refractivity contribution in [2.24, 2.45) is 11.8 Å². The lowest BCUT2D eigenvalue weighted by molar-refractivity contribution is 0.125. The molecule has 0 atom stereocenters. The molecule has 21 heavy (non-hydrogen) atoms. The molecule has 0 aromatic carbocycles. The lowest BCUT2D eigenvalue weighted by Gasteiger charge is -2.33. The van der Waals surface area contributed by atoms with Crippen molar-refractivity contribution in [2.45, 2.75) is 60.8 Å². The minimum absolute atomic E-state index is 0.330. The minimum Gasteiger partial charge on any atom is -0.450 e. The number of nitrogens with zero attached hydrogens (tertiary/aromatic N) is 1. The van der Waals surface area contributed by atoms with Crippen LogP contribution < -0.4 is 5.32 Å². The molecule has 1 N–H and O–H groups in total. The van der Waals surface area contributed by atoms with Crippen LogP contribution in [0.1, 0.15) is 60.8 Å². The van der Waals surface area contributed by atoms with Gasteiger partial charge in [0.25, 0.3) is 0 Å². The Morgan fingerprint density at radius 1 is 1.19 bits per heavy atom. The third-order valence-electron chi connectivity index (χ3n) is 3.63. The Kier molecular flexibility index (Phi) is 16.7. The van der Waals surface area contributed by atoms with Gasteiger partial charge in [-0.3, -0.25) is 0 Å². The van der Waals surface area contributed by atoms with Crippen LogP contribution in [0.4, 0.5) is 4.79 Å². The summed E-state index contributed by atoms with van der Waals surface area (Å²) in [6, 6.07) is 0. The van der Waals surface area contributed by atoms with Crippen LogP contribution >= 0.6 is 0 Å². The number of amides is 1. The van der Waals surface area contributed by atoms with E-state index in [1.54, 1.807) is 7.05 Å². The smallest absolute Gasteiger partial charge is 0.406 e. The molecule has 1 aliphatic rings. The molecule has 128 valence electrons. The monoisotopic (exact) mass is 302 g/mol. The molecule has 0 aromatic heterocycles. The highest BCUT2D eigenvalue weighted by Crippen LogP contribution is 2.24. The van der Waals surface area contributed by atoms with Crippen molar-refractivity contribution in [3.63, 3.8) is 0 Å². The van der Waals surface area contributed by atoms with Crippen molar-refractivity contribution in [3.05, 3.63) is 0 Å². The Bertz CT molecular complexity index is 225. The van der Waals surface area contributed by atoms with Gasteiger partial charge in [0, 0.05) is 13.6 Å². The molecule has 0 spiro atoms. The summed E-state index contributed by atoms with van der Waals surface area (Å²) in [7, 11) is 1.58. The summed E-state index contributed by atoms with van der Waals surface area (Å²) in [6.45, 7) is 16.6. The number of alkyl carbamates (subject to hydrolysis) is 1. The summed E-state index contributed by atoms with van der Waals surface area (Å²) in [6.07, 6.45) is 3.23. The first-order valence-corrected chi connectivity index (χ1v) is 8.70. The first-order chi connectivity index (χ1) is 10.1. The Balaban J connectivity index is 0. The average Bonchev–Trinajstić information content (AvgIpc) is 2.55. The normalized spacial score (nSPS) is 15.4. The predicted octanol–water partition coefficient (Wildman–Crippen LogP) is 4.15. The fourth-order valence-electron chi connectivity index (χ4n) is 2.37. The van der Waals surface area contributed by atoms with E-state index in [4.69, 9.17) is 4.74 Å². The van der Waals surface area contributed by atoms with Crippen molar-refractivity contribution in [1.29, 1.82) is 0 Å². The molecule has 1 heterocycles. The maximum Gasteiger partial charge on any atom is 0.406 e. The second kappa shape index (κ2) is 15.6. The summed E-state index contributed by atoms with van der Waals surface area (Å²) in [5, 5.41) is 2.45. The van der Waals surface area contributed by atoms with E-state index in [1.807, 2.05) is 27.7 Å². The van der Waals surface area contributed by atoms with Crippen molar-refractivity contribution in [1.82, 2.24) is 10.2 Å². The number of likely N-dealkylation sites (tertiary alicyclic amines) is 1. The summed E-state index contributed by atoms with van der Waals surface area (Å²) >= 11 is 0. The molecular formula is C17H38N2O2. The molecule has 1 rings (SSSR count). The van der Waals surface area contributed by atoms with Gasteiger partial charge in [0.05, 0.1) is 6.61 Å². The zero-order valence-electron chi connectivity index (χ0n) is 15.4. The molecule has 0 aliphatic carbocycles. The number of carbonyl (C=O) groups excluding carboxylic acids is 1. The summed E-state index contributed by atoms with van der Waals surface area (Å²) < 4.78 is 4.96. The summed E-state index contributed by atoms with van der Waals surface area (Å²) in [4.78, 5) is 13.3. The van der Waals surface area contributed by atoms with Gasteiger partial charge < -0.3 is 15.0 Å². The summed E-state index contributed by atoms with van der Waals surface area (Å²) in [5.74, 6) is 1.71. The van der Waals surface area contributed by atoms with Gasteiger partial charge in [0.15, 0.2) is 0 Å². The van der Waals surface area contributed by atoms with Gasteiger partial charge in [-0.05, 0) is 44.2 Å². The van der Waals surface area contributed by atoms with Gasteiger partial charge in [-0.15, -0.1) is 0 Å². The van der Waals surface area contributed by atoms with Gasteiger partial charge >= 0.3 is 6.09 Å². The second-order valence-corrected chi connectivity index (χ2v) is 5.16. The number of ether oxygens (including phenoxy) is 1. The van der Waals surface area contributed by atoms with Crippen molar-refractivity contribution < 1.29 is 9.53 Å². The first-order valence-electron chi connectivity index (χ1n) is 8.70. The first kappa shape index (κ1) is 22.5. The van der Waals surface area contributed by atoms with Crippen LogP contribution in [0.15, 0.2) is 0 Å². The number of hydrogen-bond acceptors (Lipinski definition) is 3. The van der Waals surface area contributed by atoms with Gasteiger partial charge in [-0.1, -0.05) is 41.5 Å². The van der Waals surface area contributed by atoms with E-state index < -0.39 is 0 Å². The number of hydrogen-bond donors (Lipinski definition) is 1. The maximum absolute atomic E-state index is 10.8. The Hall–Kier alpha value is -0.770. The van der Waals surface area contributed by atoms with Gasteiger partial charge in [-0.25, -0.2) is 4.79 Å². The molecule has 0 unspecified atom stereocenters. The Labute approximate surface area is 132 Å². The van der Waals surface area contributed by atoms with Gasteiger partial charge in [0.2, 0.25) is 0 Å². The maximum atomic E-state index is 10.8. The zero-order valence-corrected chi connectivity index (χ0v) is 15.4. The Morgan fingerprint density at radius 3 is 2.14 bits per heavy atom. The molecule has 0 aromatic rings. The number of carbonyl (C=O) groups is 1. The second-order valence-electron chi connectivity index (χ2n) is 5.16. The fraction of sp³-hybridized carbons (Fsp3) is 0.941. The molecule has 0 bridgehead atoms. The molecular weight excluding hydrogens is 264 g/mol. The molecule has 4 heteroatoms. The average molecular weight is 303 g/mol. The topological polar surface area (TPSA) is 41.6 Å². The highest BCUT2D eigenvalue weighted by molar-refractivity contribution is 5.66. The van der Waals surface area contributed by atoms with Gasteiger partial charge in [-0.2, -0.15) is 0 Å². The summed E-state index contributed by atoms with van der Waals surface area (Å²) in [5.41, 5.74) is 0. The van der Waals surface area contributed by atoms with E-state index in [1.165, 1.54) is 25.9 Å². The van der Waals surface area contributed by atoms with Crippen LogP contribution in [0.5, 0.6) is 0 Å². The zero-order chi connectivity index (χ0) is 16.7. The van der Waals surface area contributed by atoms with Crippen molar-refractivity contribution >= 4 is 6.09 Å². The molecule has 0 saturated carbocycles. The van der Waals surface area contributed by atoms with Gasteiger partial charge in [0.1, 0.15) is 0 Å². The lowest BCUT2D eigenvalue weighted by Crippen LogP contribution is -2.36. The molecule has 0 radical (unpaired) electrons. The van der Waals surface area contributed by atoms with Crippen LogP contribution in [0, 0.1) is 11.8 Å². The number of nitrogens with one attached hydrogen (secondary N) is 1. The largest absolute Gasteiger partial charge is 0.450 e. The molecule has 1 amide bonds. The van der Waals surface area contributed by atoms with Crippen molar-refractivity contribution in [2.75, 3.05) is 33.3 Å². The lowest BCUT2D eigenvalue weighted by atomic mass is 9.87. The van der Waals surface area contributed by atoms with Crippen molar-refractivity contribution in [3.8, 4) is 0 Å². The minimum atomic E-state index is -0.330. The van der Waals surface area contributed by atoms with E-state index in [0.29, 0.717) is 6.61 Å². The SMILES string of the molecule is CC.CC.CNC(=O)OCCCN1CCC(C(C)C)CC1. The van der Waals surface area contributed by atoms with E-state index in [0.717, 1.165) is 24.8 Å². The van der Waals surface area contributed by atoms with Crippen LogP contribution in [-0.4, -0.2) is 44.3 Å². The van der Waals surface area contributed by atoms with Crippen LogP contribution in [0.3, 0.4) is 0 Å². The van der Waals surface area contributed by atoms with Crippen LogP contribution in [-0.2, 0) is 4.74 Å². The molecule has 1 saturated heterocycles. The number of rotatable bonds is 5. The van der Waals surface area contributed by atoms with Crippen LogP contribution in [0.2, 0.25) is 0 Å².